The lowest BCUT2D eigenvalue weighted by Gasteiger charge is -2.17. The number of hydrogen-bond acceptors (Lipinski definition) is 6. The molecule has 7 heteroatoms. The van der Waals surface area contributed by atoms with Gasteiger partial charge in [-0.25, -0.2) is 4.98 Å². The lowest BCUT2D eigenvalue weighted by molar-refractivity contribution is -0.139. The van der Waals surface area contributed by atoms with E-state index in [1.807, 2.05) is 60.7 Å². The van der Waals surface area contributed by atoms with Crippen LogP contribution in [-0.2, 0) is 22.5 Å². The molecule has 0 amide bonds. The number of benzene rings is 3. The second-order valence-electron chi connectivity index (χ2n) is 7.25. The molecule has 0 fully saturated rings. The normalized spacial score (nSPS) is 10.5. The van der Waals surface area contributed by atoms with Gasteiger partial charge in [0.05, 0.1) is 20.1 Å². The average molecular weight is 428 g/mol. The number of ether oxygens (including phenoxy) is 1. The summed E-state index contributed by atoms with van der Waals surface area (Å²) < 4.78 is 6.67. The van der Waals surface area contributed by atoms with Crippen LogP contribution in [0.1, 0.15) is 5.56 Å². The van der Waals surface area contributed by atoms with Gasteiger partial charge in [-0.15, -0.1) is 0 Å². The summed E-state index contributed by atoms with van der Waals surface area (Å²) in [4.78, 5) is 15.9. The van der Waals surface area contributed by atoms with Crippen molar-refractivity contribution in [3.05, 3.63) is 91.0 Å². The first kappa shape index (κ1) is 21.1. The number of methoxy groups -OCH3 is 1. The van der Waals surface area contributed by atoms with Gasteiger partial charge in [0.15, 0.2) is 0 Å². The molecule has 1 aromatic heterocycles. The molecule has 2 N–H and O–H groups in total. The van der Waals surface area contributed by atoms with Crippen LogP contribution in [0, 0.1) is 0 Å². The van der Waals surface area contributed by atoms with Gasteiger partial charge in [0.2, 0.25) is 0 Å². The molecule has 4 rings (SSSR count). The number of hydrogen-bond donors (Lipinski definition) is 2. The molecule has 0 bridgehead atoms. The van der Waals surface area contributed by atoms with Gasteiger partial charge in [-0.3, -0.25) is 9.48 Å². The van der Waals surface area contributed by atoms with Crippen LogP contribution in [0.3, 0.4) is 0 Å². The van der Waals surface area contributed by atoms with Gasteiger partial charge < -0.3 is 15.4 Å². The Morgan fingerprint density at radius 3 is 2.56 bits per heavy atom. The number of rotatable bonds is 9. The van der Waals surface area contributed by atoms with Crippen molar-refractivity contribution in [2.24, 2.45) is 0 Å². The zero-order valence-corrected chi connectivity index (χ0v) is 17.9. The molecule has 0 saturated carbocycles. The van der Waals surface area contributed by atoms with E-state index >= 15 is 0 Å². The molecular formula is C25H25N5O2. The molecule has 0 saturated heterocycles. The molecule has 7 nitrogen and oxygen atoms in total. The van der Waals surface area contributed by atoms with E-state index in [1.54, 1.807) is 11.0 Å². The Bertz CT molecular complexity index is 1160. The van der Waals surface area contributed by atoms with Crippen molar-refractivity contribution in [1.29, 1.82) is 0 Å². The Hall–Kier alpha value is -4.13. The monoisotopic (exact) mass is 427 g/mol. The zero-order valence-electron chi connectivity index (χ0n) is 17.9. The van der Waals surface area contributed by atoms with E-state index < -0.39 is 0 Å². The number of nitrogens with one attached hydrogen (secondary N) is 2. The maximum atomic E-state index is 11.9. The Labute approximate surface area is 187 Å². The minimum absolute atomic E-state index is 0.217. The van der Waals surface area contributed by atoms with E-state index in [2.05, 4.69) is 32.8 Å². The van der Waals surface area contributed by atoms with Gasteiger partial charge in [-0.2, -0.15) is 5.10 Å². The van der Waals surface area contributed by atoms with E-state index in [1.165, 1.54) is 13.4 Å². The summed E-state index contributed by atoms with van der Waals surface area (Å²) in [7, 11) is 1.41. The van der Waals surface area contributed by atoms with E-state index in [-0.39, 0.29) is 12.4 Å². The summed E-state index contributed by atoms with van der Waals surface area (Å²) in [5.41, 5.74) is 5.87. The van der Waals surface area contributed by atoms with Gasteiger partial charge in [-0.1, -0.05) is 48.5 Å². The molecule has 0 aliphatic carbocycles. The van der Waals surface area contributed by atoms with E-state index in [9.17, 15) is 4.79 Å². The van der Waals surface area contributed by atoms with Crippen LogP contribution in [0.25, 0.3) is 11.1 Å². The lowest BCUT2D eigenvalue weighted by atomic mass is 9.96. The smallest absolute Gasteiger partial charge is 0.309 e. The van der Waals surface area contributed by atoms with E-state index in [0.717, 1.165) is 33.8 Å². The summed E-state index contributed by atoms with van der Waals surface area (Å²) >= 11 is 0. The van der Waals surface area contributed by atoms with Crippen molar-refractivity contribution < 1.29 is 9.53 Å². The second kappa shape index (κ2) is 10.3. The van der Waals surface area contributed by atoms with Crippen molar-refractivity contribution in [2.45, 2.75) is 13.0 Å². The van der Waals surface area contributed by atoms with Crippen molar-refractivity contribution in [2.75, 3.05) is 24.3 Å². The fourth-order valence-electron chi connectivity index (χ4n) is 3.51. The minimum Gasteiger partial charge on any atom is -0.469 e. The lowest BCUT2D eigenvalue weighted by Crippen LogP contribution is -2.12. The van der Waals surface area contributed by atoms with Crippen molar-refractivity contribution in [3.63, 3.8) is 0 Å². The van der Waals surface area contributed by atoms with Gasteiger partial charge in [0.1, 0.15) is 12.7 Å². The third-order valence-electron chi connectivity index (χ3n) is 5.07. The summed E-state index contributed by atoms with van der Waals surface area (Å²) in [6.45, 7) is 1.35. The van der Waals surface area contributed by atoms with Crippen LogP contribution in [0.5, 0.6) is 0 Å². The summed E-state index contributed by atoms with van der Waals surface area (Å²) in [5, 5.41) is 11.1. The largest absolute Gasteiger partial charge is 0.469 e. The Morgan fingerprint density at radius 2 is 1.78 bits per heavy atom. The molecule has 1 heterocycles. The predicted octanol–water partition coefficient (Wildman–Crippen LogP) is 4.52. The molecule has 0 aliphatic heterocycles. The number of para-hydroxylation sites is 1. The highest BCUT2D eigenvalue weighted by Gasteiger charge is 2.13. The summed E-state index contributed by atoms with van der Waals surface area (Å²) in [5.74, 6) is -0.263. The molecule has 0 atom stereocenters. The first-order valence-electron chi connectivity index (χ1n) is 10.4. The Kier molecular flexibility index (Phi) is 6.77. The fourth-order valence-corrected chi connectivity index (χ4v) is 3.51. The van der Waals surface area contributed by atoms with Crippen LogP contribution in [0.2, 0.25) is 0 Å². The highest BCUT2D eigenvalue weighted by Crippen LogP contribution is 2.34. The first-order valence-corrected chi connectivity index (χ1v) is 10.4. The number of aromatic nitrogens is 3. The summed E-state index contributed by atoms with van der Waals surface area (Å²) in [6.07, 6.45) is 3.44. The topological polar surface area (TPSA) is 81.1 Å². The zero-order chi connectivity index (χ0) is 22.2. The maximum Gasteiger partial charge on any atom is 0.309 e. The molecule has 0 unspecified atom stereocenters. The highest BCUT2D eigenvalue weighted by molar-refractivity contribution is 5.85. The van der Waals surface area contributed by atoms with Crippen LogP contribution in [0.4, 0.5) is 17.1 Å². The van der Waals surface area contributed by atoms with Crippen molar-refractivity contribution in [3.8, 4) is 11.1 Å². The van der Waals surface area contributed by atoms with Crippen LogP contribution in [0.15, 0.2) is 85.5 Å². The first-order chi connectivity index (χ1) is 15.7. The number of nitrogens with zero attached hydrogens (tertiary/aromatic N) is 3. The second-order valence-corrected chi connectivity index (χ2v) is 7.25. The van der Waals surface area contributed by atoms with Crippen LogP contribution >= 0.6 is 0 Å². The highest BCUT2D eigenvalue weighted by atomic mass is 16.5. The van der Waals surface area contributed by atoms with E-state index in [0.29, 0.717) is 13.1 Å². The van der Waals surface area contributed by atoms with E-state index in [4.69, 9.17) is 4.74 Å². The third kappa shape index (κ3) is 5.31. The Balaban J connectivity index is 1.65. The Morgan fingerprint density at radius 1 is 0.969 bits per heavy atom. The number of carbonyl (C=O) groups excluding carboxylic acids is 1. The van der Waals surface area contributed by atoms with Gasteiger partial charge in [-0.05, 0) is 35.4 Å². The SMILES string of the molecule is COC(=O)Cc1ccccc1-c1ccc(Nc2ccccc2)cc1NCCn1cncn1. The van der Waals surface area contributed by atoms with Crippen molar-refractivity contribution >= 4 is 23.0 Å². The molecule has 0 aliphatic rings. The molecular weight excluding hydrogens is 402 g/mol. The van der Waals surface area contributed by atoms with Crippen LogP contribution in [-0.4, -0.2) is 34.4 Å². The maximum absolute atomic E-state index is 11.9. The molecule has 3 aromatic carbocycles. The predicted molar refractivity (Wildman–Crippen MR) is 126 cm³/mol. The molecule has 32 heavy (non-hydrogen) atoms. The van der Waals surface area contributed by atoms with Crippen LogP contribution < -0.4 is 10.6 Å². The average Bonchev–Trinajstić information content (AvgIpc) is 3.34. The molecule has 162 valence electrons. The van der Waals surface area contributed by atoms with Gasteiger partial charge in [0, 0.05) is 29.2 Å². The molecule has 0 radical (unpaired) electrons. The standard InChI is InChI=1S/C25H25N5O2/c1-32-25(31)15-19-7-5-6-10-22(19)23-12-11-21(29-20-8-3-2-4-9-20)16-24(23)27-13-14-30-18-26-17-28-30/h2-12,16-18,27,29H,13-15H2,1H3. The van der Waals surface area contributed by atoms with Gasteiger partial charge in [0.25, 0.3) is 0 Å². The summed E-state index contributed by atoms with van der Waals surface area (Å²) in [6, 6.07) is 24.1. The van der Waals surface area contributed by atoms with Gasteiger partial charge >= 0.3 is 5.97 Å². The molecule has 4 aromatic rings. The number of carbonyl (C=O) groups is 1. The quantitative estimate of drug-likeness (QED) is 0.382. The number of anilines is 3. The number of esters is 1. The fraction of sp³-hybridized carbons (Fsp3) is 0.160. The third-order valence-corrected chi connectivity index (χ3v) is 5.07. The minimum atomic E-state index is -0.263. The van der Waals surface area contributed by atoms with Crippen molar-refractivity contribution in [1.82, 2.24) is 14.8 Å². The molecule has 0 spiro atoms.